The van der Waals surface area contributed by atoms with Crippen molar-refractivity contribution in [2.75, 3.05) is 26.8 Å². The molecule has 2 saturated heterocycles. The first-order valence-electron chi connectivity index (χ1n) is 20.2. The molecule has 0 bridgehead atoms. The lowest BCUT2D eigenvalue weighted by atomic mass is 9.72. The number of pyridine rings is 1. The second-order valence-corrected chi connectivity index (χ2v) is 16.3. The number of aromatic hydroxyl groups is 2. The van der Waals surface area contributed by atoms with Gasteiger partial charge in [0.15, 0.2) is 17.9 Å². The van der Waals surface area contributed by atoms with Crippen LogP contribution in [-0.2, 0) is 30.3 Å². The van der Waals surface area contributed by atoms with Crippen molar-refractivity contribution < 1.29 is 77.3 Å². The summed E-state index contributed by atoms with van der Waals surface area (Å²) >= 11 is 0. The van der Waals surface area contributed by atoms with Crippen LogP contribution in [0.15, 0.2) is 54.7 Å². The zero-order chi connectivity index (χ0) is 46.0. The molecule has 4 unspecified atom stereocenters. The number of methoxy groups -OCH3 is 1. The summed E-state index contributed by atoms with van der Waals surface area (Å²) in [4.78, 5) is 85.9. The highest BCUT2D eigenvalue weighted by atomic mass is 19.3. The Kier molecular flexibility index (Phi) is 11.5. The van der Waals surface area contributed by atoms with Crippen molar-refractivity contribution in [3.8, 4) is 17.2 Å². The van der Waals surface area contributed by atoms with Gasteiger partial charge in [-0.15, -0.1) is 0 Å². The van der Waals surface area contributed by atoms with Crippen molar-refractivity contribution >= 4 is 46.0 Å². The van der Waals surface area contributed by atoms with Gasteiger partial charge < -0.3 is 55.3 Å². The molecule has 1 aromatic heterocycles. The van der Waals surface area contributed by atoms with Crippen molar-refractivity contribution in [2.24, 2.45) is 0 Å². The third-order valence-electron chi connectivity index (χ3n) is 12.3. The maximum atomic E-state index is 14.9. The van der Waals surface area contributed by atoms with Crippen molar-refractivity contribution in [1.82, 2.24) is 20.5 Å². The van der Waals surface area contributed by atoms with Crippen molar-refractivity contribution in [3.63, 3.8) is 0 Å². The summed E-state index contributed by atoms with van der Waals surface area (Å²) in [5.41, 5.74) is -3.99. The number of ether oxygens (including phenoxy) is 3. The van der Waals surface area contributed by atoms with Crippen LogP contribution < -0.4 is 15.4 Å². The summed E-state index contributed by atoms with van der Waals surface area (Å²) in [6.45, 7) is -1.64. The summed E-state index contributed by atoms with van der Waals surface area (Å²) in [6, 6.07) is 9.31. The average Bonchev–Trinajstić information content (AvgIpc) is 3.61. The number of phenols is 2. The van der Waals surface area contributed by atoms with Gasteiger partial charge in [0.05, 0.1) is 66.2 Å². The van der Waals surface area contributed by atoms with E-state index in [0.29, 0.717) is 15.8 Å². The topological polar surface area (TPSA) is 271 Å². The first-order valence-corrected chi connectivity index (χ1v) is 20.2. The fourth-order valence-electron chi connectivity index (χ4n) is 9.10. The summed E-state index contributed by atoms with van der Waals surface area (Å²) in [5, 5.41) is 61.5. The van der Waals surface area contributed by atoms with E-state index in [9.17, 15) is 63.1 Å². The third kappa shape index (κ3) is 7.59. The lowest BCUT2D eigenvalue weighted by Gasteiger charge is -2.43. The maximum Gasteiger partial charge on any atom is 0.267 e. The molecule has 336 valence electrons. The molecular formula is C44H42F2N4O14. The standard InChI is InChI=1S/C44H42F2N4O14/c1-19-36(54)25(49-42(60)26-14-44(45,46)18-50(26)30(53)16-48-41(59)21-10-11-47-24-8-4-3-6-20(21)24)12-31(63-19)64-28-15-43(61,29(52)17-51)13-23-33(28)40(58)35-34(38(23)56)37(55)22-7-5-9-27(62-2)32(22)39(35)57/h3-11,19,25-26,28,31,36,51,54,56,58,61H,12-18H2,1-2H3,(H,48,59)(H,49,60)/t19?,25?,26-,28-,31?,36?,43-/m0/s1. The third-order valence-corrected chi connectivity index (χ3v) is 12.3. The van der Waals surface area contributed by atoms with Gasteiger partial charge in [0, 0.05) is 54.0 Å². The number of hydrogen-bond donors (Lipinski definition) is 7. The molecule has 20 heteroatoms. The molecule has 2 aliphatic heterocycles. The van der Waals surface area contributed by atoms with Gasteiger partial charge in [0.25, 0.3) is 11.8 Å². The molecule has 7 N–H and O–H groups in total. The smallest absolute Gasteiger partial charge is 0.267 e. The van der Waals surface area contributed by atoms with Crippen molar-refractivity contribution in [3.05, 3.63) is 93.7 Å². The van der Waals surface area contributed by atoms with Crippen LogP contribution in [-0.4, -0.2) is 139 Å². The molecule has 3 heterocycles. The Morgan fingerprint density at radius 1 is 0.984 bits per heavy atom. The van der Waals surface area contributed by atoms with E-state index >= 15 is 0 Å². The number of para-hydroxylation sites is 1. The van der Waals surface area contributed by atoms with Crippen LogP contribution >= 0.6 is 0 Å². The molecule has 0 radical (unpaired) electrons. The first-order chi connectivity index (χ1) is 30.4. The Morgan fingerprint density at radius 2 is 1.72 bits per heavy atom. The van der Waals surface area contributed by atoms with Crippen molar-refractivity contribution in [2.45, 2.75) is 80.8 Å². The van der Waals surface area contributed by atoms with Gasteiger partial charge in [-0.2, -0.15) is 0 Å². The van der Waals surface area contributed by atoms with Gasteiger partial charge in [-0.3, -0.25) is 33.8 Å². The Bertz CT molecular complexity index is 2640. The predicted molar refractivity (Wildman–Crippen MR) is 215 cm³/mol. The second-order valence-electron chi connectivity index (χ2n) is 16.3. The minimum atomic E-state index is -3.50. The molecule has 4 aliphatic rings. The number of alkyl halides is 2. The minimum Gasteiger partial charge on any atom is -0.507 e. The molecule has 8 rings (SSSR count). The number of nitrogens with zero attached hydrogens (tertiary/aromatic N) is 2. The second kappa shape index (κ2) is 16.6. The minimum absolute atomic E-state index is 0.000457. The molecule has 0 spiro atoms. The van der Waals surface area contributed by atoms with E-state index in [0.717, 1.165) is 0 Å². The van der Waals surface area contributed by atoms with Crippen molar-refractivity contribution in [1.29, 1.82) is 0 Å². The normalized spacial score (nSPS) is 25.8. The highest BCUT2D eigenvalue weighted by molar-refractivity contribution is 6.31. The van der Waals surface area contributed by atoms with Gasteiger partial charge in [0.2, 0.25) is 17.6 Å². The average molecular weight is 889 g/mol. The lowest BCUT2D eigenvalue weighted by molar-refractivity contribution is -0.249. The highest BCUT2D eigenvalue weighted by Gasteiger charge is 2.53. The van der Waals surface area contributed by atoms with Crippen LogP contribution in [0.5, 0.6) is 17.2 Å². The Labute approximate surface area is 361 Å². The number of hydrogen-bond acceptors (Lipinski definition) is 15. The molecule has 64 heavy (non-hydrogen) atoms. The number of likely N-dealkylation sites (tertiary alicyclic amines) is 1. The number of phenolic OH excluding ortho intramolecular Hbond substituents is 2. The molecule has 7 atom stereocenters. The fraction of sp³-hybridized carbons (Fsp3) is 0.386. The predicted octanol–water partition coefficient (Wildman–Crippen LogP) is 1.37. The number of carbonyl (C=O) groups excluding carboxylic acids is 6. The maximum absolute atomic E-state index is 14.9. The van der Waals surface area contributed by atoms with Gasteiger partial charge in [0.1, 0.15) is 41.6 Å². The van der Waals surface area contributed by atoms with Gasteiger partial charge in [-0.1, -0.05) is 30.3 Å². The quantitative estimate of drug-likeness (QED) is 0.0977. The number of benzene rings is 3. The van der Waals surface area contributed by atoms with E-state index < -0.39 is 151 Å². The molecule has 3 aromatic carbocycles. The largest absolute Gasteiger partial charge is 0.507 e. The lowest BCUT2D eigenvalue weighted by Crippen LogP contribution is -2.58. The summed E-state index contributed by atoms with van der Waals surface area (Å²) in [7, 11) is 1.26. The molecule has 0 saturated carbocycles. The highest BCUT2D eigenvalue weighted by Crippen LogP contribution is 2.52. The molecule has 18 nitrogen and oxygen atoms in total. The van der Waals surface area contributed by atoms with Crippen LogP contribution in [0.4, 0.5) is 8.78 Å². The molecule has 4 aromatic rings. The van der Waals surface area contributed by atoms with Crippen LogP contribution in [0.3, 0.4) is 0 Å². The van der Waals surface area contributed by atoms with Crippen LogP contribution in [0.25, 0.3) is 10.9 Å². The number of rotatable bonds is 10. The van der Waals surface area contributed by atoms with Crippen LogP contribution in [0, 0.1) is 0 Å². The number of aromatic nitrogens is 1. The van der Waals surface area contributed by atoms with Crippen LogP contribution in [0.2, 0.25) is 0 Å². The summed E-state index contributed by atoms with van der Waals surface area (Å²) in [6.07, 6.45) is -7.28. The summed E-state index contributed by atoms with van der Waals surface area (Å²) < 4.78 is 47.3. The van der Waals surface area contributed by atoms with E-state index in [4.69, 9.17) is 14.2 Å². The fourth-order valence-corrected chi connectivity index (χ4v) is 9.10. The number of carbonyl (C=O) groups is 6. The Balaban J connectivity index is 1.04. The Morgan fingerprint density at radius 3 is 2.45 bits per heavy atom. The van der Waals surface area contributed by atoms with E-state index in [-0.39, 0.29) is 33.6 Å². The number of aliphatic hydroxyl groups is 3. The summed E-state index contributed by atoms with van der Waals surface area (Å²) in [5.74, 6) is -10.8. The molecule has 2 aliphatic carbocycles. The van der Waals surface area contributed by atoms with E-state index in [1.165, 1.54) is 44.5 Å². The van der Waals surface area contributed by atoms with Gasteiger partial charge in [-0.05, 0) is 25.1 Å². The number of nitrogens with one attached hydrogen (secondary N) is 2. The number of amides is 3. The van der Waals surface area contributed by atoms with Gasteiger partial charge >= 0.3 is 0 Å². The number of fused-ring (bicyclic) bond motifs is 4. The van der Waals surface area contributed by atoms with E-state index in [1.807, 2.05) is 0 Å². The zero-order valence-corrected chi connectivity index (χ0v) is 34.2. The van der Waals surface area contributed by atoms with E-state index in [1.54, 1.807) is 24.3 Å². The number of aliphatic hydroxyl groups excluding tert-OH is 2. The number of halogens is 2. The first kappa shape index (κ1) is 44.2. The molecule has 2 fully saturated rings. The molecular weight excluding hydrogens is 846 g/mol. The SMILES string of the molecule is COc1cccc2c1C(=O)c1c(O)c3c(c(O)c1C2=O)C[C@@](O)(C(=O)CO)C[C@@H]3OC1CC(NC(=O)[C@@H]2CC(F)(F)CN2C(=O)CNC(=O)c2ccnc3ccccc23)C(O)C(C)O1. The van der Waals surface area contributed by atoms with Crippen LogP contribution in [0.1, 0.15) is 85.6 Å². The zero-order valence-electron chi connectivity index (χ0n) is 34.2. The monoisotopic (exact) mass is 888 g/mol. The Hall–Kier alpha value is -6.45. The number of ketones is 3. The van der Waals surface area contributed by atoms with E-state index in [2.05, 4.69) is 15.6 Å². The van der Waals surface area contributed by atoms with Gasteiger partial charge in [-0.25, -0.2) is 8.78 Å². The molecule has 3 amide bonds. The number of Topliss-reactive ketones (excluding diaryl/α,β-unsaturated/α-hetero) is 1.